The van der Waals surface area contributed by atoms with Crippen LogP contribution in [0.3, 0.4) is 0 Å². The van der Waals surface area contributed by atoms with Gasteiger partial charge in [-0.3, -0.25) is 4.98 Å². The molecule has 1 heterocycles. The zero-order chi connectivity index (χ0) is 13.0. The average molecular weight is 223 g/mol. The first kappa shape index (κ1) is 17.4. The van der Waals surface area contributed by atoms with Crippen LogP contribution in [0.15, 0.2) is 12.3 Å². The summed E-state index contributed by atoms with van der Waals surface area (Å²) in [6.07, 6.45) is 1.59. The van der Waals surface area contributed by atoms with Gasteiger partial charge in [-0.1, -0.05) is 33.2 Å². The predicted molar refractivity (Wildman–Crippen MR) is 69.6 cm³/mol. The lowest BCUT2D eigenvalue weighted by molar-refractivity contribution is 0.0504. The fraction of sp³-hybridized carbons (Fsp3) is 0.583. The maximum Gasteiger partial charge on any atom is 0.188 e. The van der Waals surface area contributed by atoms with Crippen LogP contribution in [0.2, 0.25) is 0 Å². The lowest BCUT2D eigenvalue weighted by atomic mass is 9.98. The van der Waals surface area contributed by atoms with E-state index in [1.165, 1.54) is 0 Å². The number of rotatable bonds is 3. The van der Waals surface area contributed by atoms with Crippen molar-refractivity contribution in [1.29, 1.82) is 0 Å². The highest BCUT2D eigenvalue weighted by atomic mass is 16.7. The van der Waals surface area contributed by atoms with Crippen molar-refractivity contribution in [3.63, 3.8) is 0 Å². The molecular weight excluding hydrogens is 201 g/mol. The first-order valence-electron chi connectivity index (χ1n) is 5.58. The number of hydrogen-bond donors (Lipinski definition) is 0. The van der Waals surface area contributed by atoms with Crippen molar-refractivity contribution in [2.24, 2.45) is 0 Å². The molecule has 0 atom stereocenters. The smallest absolute Gasteiger partial charge is 0.188 e. The molecule has 0 bridgehead atoms. The zero-order valence-electron chi connectivity index (χ0n) is 11.2. The maximum absolute atomic E-state index is 5.52. The molecule has 1 aromatic rings. The molecule has 0 unspecified atom stereocenters. The molecule has 16 heavy (non-hydrogen) atoms. The Kier molecular flexibility index (Phi) is 13.1. The molecule has 2 radical (unpaired) electrons. The van der Waals surface area contributed by atoms with Gasteiger partial charge in [-0.25, -0.2) is 0 Å². The van der Waals surface area contributed by atoms with E-state index >= 15 is 0 Å². The van der Waals surface area contributed by atoms with Crippen LogP contribution in [0.5, 0.6) is 5.75 Å². The van der Waals surface area contributed by atoms with Crippen LogP contribution in [0.25, 0.3) is 0 Å². The Hall–Kier alpha value is -1.03. The summed E-state index contributed by atoms with van der Waals surface area (Å²) >= 11 is 0. The predicted octanol–water partition coefficient (Wildman–Crippen LogP) is 2.22. The number of pyridine rings is 1. The van der Waals surface area contributed by atoms with E-state index in [1.54, 1.807) is 19.4 Å². The number of methoxy groups -OCH3 is 1. The summed E-state index contributed by atoms with van der Waals surface area (Å²) in [6, 6.07) is 1.72. The summed E-state index contributed by atoms with van der Waals surface area (Å²) in [5.41, 5.74) is 1.40. The topological polar surface area (TPSA) is 31.4 Å². The Morgan fingerprint density at radius 1 is 1.25 bits per heavy atom. The molecule has 0 amide bonds. The summed E-state index contributed by atoms with van der Waals surface area (Å²) in [5, 5.41) is 0. The second-order valence-corrected chi connectivity index (χ2v) is 2.40. The van der Waals surface area contributed by atoms with E-state index in [0.717, 1.165) is 5.69 Å². The van der Waals surface area contributed by atoms with Gasteiger partial charge in [-0.15, -0.1) is 0 Å². The average Bonchev–Trinajstić information content (AvgIpc) is 2.35. The highest BCUT2D eigenvalue weighted by molar-refractivity contribution is 6.32. The van der Waals surface area contributed by atoms with Gasteiger partial charge < -0.3 is 9.47 Å². The molecule has 0 aliphatic heterocycles. The van der Waals surface area contributed by atoms with E-state index < -0.39 is 0 Å². The number of aromatic nitrogens is 1. The fourth-order valence-electron chi connectivity index (χ4n) is 0.797. The van der Waals surface area contributed by atoms with Crippen LogP contribution < -0.4 is 10.2 Å². The molecular formula is C12H22BNO2. The molecule has 1 rings (SSSR count). The van der Waals surface area contributed by atoms with Crippen molar-refractivity contribution >= 4 is 13.3 Å². The van der Waals surface area contributed by atoms with Crippen molar-refractivity contribution < 1.29 is 9.47 Å². The van der Waals surface area contributed by atoms with E-state index in [1.807, 2.05) is 34.6 Å². The third-order valence-corrected chi connectivity index (χ3v) is 1.39. The third-order valence-electron chi connectivity index (χ3n) is 1.39. The van der Waals surface area contributed by atoms with Crippen molar-refractivity contribution in [3.8, 4) is 5.75 Å². The maximum atomic E-state index is 5.52. The van der Waals surface area contributed by atoms with Crippen molar-refractivity contribution in [3.05, 3.63) is 18.0 Å². The molecule has 0 saturated heterocycles. The van der Waals surface area contributed by atoms with Gasteiger partial charge >= 0.3 is 0 Å². The Morgan fingerprint density at radius 2 is 1.81 bits per heavy atom. The second-order valence-electron chi connectivity index (χ2n) is 2.40. The van der Waals surface area contributed by atoms with Crippen molar-refractivity contribution in [1.82, 2.24) is 4.98 Å². The second kappa shape index (κ2) is 12.0. The van der Waals surface area contributed by atoms with E-state index in [0.29, 0.717) is 11.2 Å². The molecule has 0 saturated carbocycles. The van der Waals surface area contributed by atoms with Gasteiger partial charge in [0.25, 0.3) is 0 Å². The Labute approximate surface area is 101 Å². The minimum absolute atomic E-state index is 0.214. The molecule has 0 spiro atoms. The van der Waals surface area contributed by atoms with E-state index in [4.69, 9.17) is 17.3 Å². The monoisotopic (exact) mass is 223 g/mol. The molecule has 4 heteroatoms. The van der Waals surface area contributed by atoms with Gasteiger partial charge in [0.2, 0.25) is 0 Å². The molecule has 0 aliphatic rings. The first-order valence-corrected chi connectivity index (χ1v) is 5.58. The Morgan fingerprint density at radius 3 is 2.31 bits per heavy atom. The van der Waals surface area contributed by atoms with Crippen LogP contribution in [-0.4, -0.2) is 26.7 Å². The number of ether oxygens (including phenoxy) is 2. The third kappa shape index (κ3) is 7.29. The van der Waals surface area contributed by atoms with E-state index in [9.17, 15) is 0 Å². The van der Waals surface area contributed by atoms with Crippen LogP contribution in [0.1, 0.15) is 33.4 Å². The lowest BCUT2D eigenvalue weighted by Crippen LogP contribution is -2.08. The fourth-order valence-corrected chi connectivity index (χ4v) is 0.797. The van der Waals surface area contributed by atoms with Gasteiger partial charge in [-0.2, -0.15) is 0 Å². The standard InChI is InChI=1S/C8H10BNO2.2C2H6/c1-6-8(12-5-11-2)3-7(9)4-10-6;2*1-2/h3-4H,5H2,1-2H3;2*1-2H3. The molecule has 0 fully saturated rings. The number of aryl methyl sites for hydroxylation is 1. The molecule has 90 valence electrons. The SMILES string of the molecule is CC.CC.[B]c1cnc(C)c(OCOC)c1. The highest BCUT2D eigenvalue weighted by Gasteiger charge is 1.99. The largest absolute Gasteiger partial charge is 0.466 e. The van der Waals surface area contributed by atoms with Crippen LogP contribution >= 0.6 is 0 Å². The Bertz CT molecular complexity index is 267. The van der Waals surface area contributed by atoms with Gasteiger partial charge in [-0.05, 0) is 13.0 Å². The van der Waals surface area contributed by atoms with Gasteiger partial charge in [0, 0.05) is 13.3 Å². The summed E-state index contributed by atoms with van der Waals surface area (Å²) < 4.78 is 9.95. The molecule has 1 aromatic heterocycles. The zero-order valence-corrected chi connectivity index (χ0v) is 11.2. The van der Waals surface area contributed by atoms with Crippen LogP contribution in [0, 0.1) is 6.92 Å². The van der Waals surface area contributed by atoms with E-state index in [2.05, 4.69) is 4.98 Å². The summed E-state index contributed by atoms with van der Waals surface area (Å²) in [5.74, 6) is 0.664. The molecule has 3 nitrogen and oxygen atoms in total. The van der Waals surface area contributed by atoms with Crippen molar-refractivity contribution in [2.75, 3.05) is 13.9 Å². The molecule has 0 N–H and O–H groups in total. The summed E-state index contributed by atoms with van der Waals surface area (Å²) in [7, 11) is 7.08. The highest BCUT2D eigenvalue weighted by Crippen LogP contribution is 2.11. The normalized spacial score (nSPS) is 8.12. The summed E-state index contributed by atoms with van der Waals surface area (Å²) in [4.78, 5) is 4.03. The van der Waals surface area contributed by atoms with Crippen molar-refractivity contribution in [2.45, 2.75) is 34.6 Å². The molecule has 0 aromatic carbocycles. The van der Waals surface area contributed by atoms with E-state index in [-0.39, 0.29) is 6.79 Å². The first-order chi connectivity index (χ1) is 7.74. The van der Waals surface area contributed by atoms with Gasteiger partial charge in [0.15, 0.2) is 6.79 Å². The number of nitrogens with zero attached hydrogens (tertiary/aromatic N) is 1. The Balaban J connectivity index is 0. The quantitative estimate of drug-likeness (QED) is 0.581. The van der Waals surface area contributed by atoms with Gasteiger partial charge in [0.1, 0.15) is 13.6 Å². The minimum atomic E-state index is 0.214. The molecule has 0 aliphatic carbocycles. The van der Waals surface area contributed by atoms with Crippen LogP contribution in [-0.2, 0) is 4.74 Å². The van der Waals surface area contributed by atoms with Gasteiger partial charge in [0.05, 0.1) is 5.69 Å². The number of hydrogen-bond acceptors (Lipinski definition) is 3. The lowest BCUT2D eigenvalue weighted by Gasteiger charge is -2.07. The summed E-state index contributed by atoms with van der Waals surface area (Å²) in [6.45, 7) is 10.1. The minimum Gasteiger partial charge on any atom is -0.466 e. The van der Waals surface area contributed by atoms with Crippen LogP contribution in [0.4, 0.5) is 0 Å².